The van der Waals surface area contributed by atoms with Gasteiger partial charge in [-0.25, -0.2) is 0 Å². The fourth-order valence-electron chi connectivity index (χ4n) is 1.41. The van der Waals surface area contributed by atoms with Crippen LogP contribution in [0.5, 0.6) is 11.5 Å². The van der Waals surface area contributed by atoms with E-state index in [1.54, 1.807) is 32.3 Å². The Morgan fingerprint density at radius 3 is 2.78 bits per heavy atom. The lowest BCUT2D eigenvalue weighted by atomic mass is 10.2. The van der Waals surface area contributed by atoms with Crippen molar-refractivity contribution in [2.75, 3.05) is 27.2 Å². The summed E-state index contributed by atoms with van der Waals surface area (Å²) in [6.45, 7) is 3.21. The number of hydrogen-bond donors (Lipinski definition) is 2. The third-order valence-corrected chi connectivity index (χ3v) is 2.43. The zero-order valence-corrected chi connectivity index (χ0v) is 11.1. The van der Waals surface area contributed by atoms with E-state index in [0.29, 0.717) is 18.9 Å². The van der Waals surface area contributed by atoms with E-state index in [4.69, 9.17) is 4.74 Å². The maximum absolute atomic E-state index is 11.4. The second-order valence-corrected chi connectivity index (χ2v) is 4.13. The molecule has 100 valence electrons. The third kappa shape index (κ3) is 4.25. The molecule has 0 fully saturated rings. The second-order valence-electron chi connectivity index (χ2n) is 4.13. The number of ether oxygens (including phenoxy) is 1. The normalized spacial score (nSPS) is 10.2. The summed E-state index contributed by atoms with van der Waals surface area (Å²) in [6.07, 6.45) is 0. The number of benzene rings is 1. The van der Waals surface area contributed by atoms with Crippen molar-refractivity contribution in [1.82, 2.24) is 10.2 Å². The van der Waals surface area contributed by atoms with Crippen molar-refractivity contribution in [1.29, 1.82) is 0 Å². The number of rotatable bonds is 6. The summed E-state index contributed by atoms with van der Waals surface area (Å²) in [5, 5.41) is 12.6. The molecule has 0 saturated carbocycles. The van der Waals surface area contributed by atoms with Crippen LogP contribution in [0.25, 0.3) is 0 Å². The standard InChI is InChI=1S/C13H20N2O3/c1-4-18-12-7-10(5-6-11(12)16)8-14-9-13(17)15(2)3/h5-7,14,16H,4,8-9H2,1-3H3. The molecule has 5 nitrogen and oxygen atoms in total. The highest BCUT2D eigenvalue weighted by Gasteiger charge is 2.05. The van der Waals surface area contributed by atoms with Crippen LogP contribution in [0.1, 0.15) is 12.5 Å². The summed E-state index contributed by atoms with van der Waals surface area (Å²) < 4.78 is 5.29. The van der Waals surface area contributed by atoms with Crippen molar-refractivity contribution in [3.63, 3.8) is 0 Å². The Morgan fingerprint density at radius 1 is 1.44 bits per heavy atom. The van der Waals surface area contributed by atoms with Crippen LogP contribution in [0.15, 0.2) is 18.2 Å². The van der Waals surface area contributed by atoms with Crippen LogP contribution in [0.4, 0.5) is 0 Å². The maximum atomic E-state index is 11.4. The molecule has 0 heterocycles. The van der Waals surface area contributed by atoms with E-state index in [1.807, 2.05) is 6.92 Å². The van der Waals surface area contributed by atoms with E-state index < -0.39 is 0 Å². The van der Waals surface area contributed by atoms with Crippen molar-refractivity contribution in [3.05, 3.63) is 23.8 Å². The van der Waals surface area contributed by atoms with Crippen molar-refractivity contribution < 1.29 is 14.6 Å². The van der Waals surface area contributed by atoms with Gasteiger partial charge in [-0.15, -0.1) is 0 Å². The van der Waals surface area contributed by atoms with Gasteiger partial charge in [0.15, 0.2) is 11.5 Å². The first-order chi connectivity index (χ1) is 8.54. The summed E-state index contributed by atoms with van der Waals surface area (Å²) in [7, 11) is 3.44. The summed E-state index contributed by atoms with van der Waals surface area (Å²) in [6, 6.07) is 5.16. The monoisotopic (exact) mass is 252 g/mol. The molecule has 0 spiro atoms. The smallest absolute Gasteiger partial charge is 0.236 e. The summed E-state index contributed by atoms with van der Waals surface area (Å²) >= 11 is 0. The molecule has 0 unspecified atom stereocenters. The number of nitrogens with one attached hydrogen (secondary N) is 1. The summed E-state index contributed by atoms with van der Waals surface area (Å²) in [4.78, 5) is 12.9. The van der Waals surface area contributed by atoms with E-state index in [9.17, 15) is 9.90 Å². The Labute approximate surface area is 107 Å². The molecular formula is C13H20N2O3. The highest BCUT2D eigenvalue weighted by molar-refractivity contribution is 5.77. The first kappa shape index (κ1) is 14.3. The average Bonchev–Trinajstić information content (AvgIpc) is 2.33. The van der Waals surface area contributed by atoms with Crippen LogP contribution in [0.2, 0.25) is 0 Å². The van der Waals surface area contributed by atoms with Crippen LogP contribution in [0, 0.1) is 0 Å². The average molecular weight is 252 g/mol. The van der Waals surface area contributed by atoms with E-state index in [1.165, 1.54) is 4.90 Å². The Kier molecular flexibility index (Phi) is 5.45. The van der Waals surface area contributed by atoms with Crippen molar-refractivity contribution >= 4 is 5.91 Å². The molecule has 5 heteroatoms. The van der Waals surface area contributed by atoms with Crippen LogP contribution < -0.4 is 10.1 Å². The molecule has 18 heavy (non-hydrogen) atoms. The molecule has 1 amide bonds. The van der Waals surface area contributed by atoms with Gasteiger partial charge in [-0.1, -0.05) is 6.07 Å². The minimum Gasteiger partial charge on any atom is -0.504 e. The first-order valence-electron chi connectivity index (χ1n) is 5.90. The predicted octanol–water partition coefficient (Wildman–Crippen LogP) is 0.969. The minimum absolute atomic E-state index is 0.0267. The maximum Gasteiger partial charge on any atom is 0.236 e. The molecule has 0 bridgehead atoms. The minimum atomic E-state index is 0.0267. The van der Waals surface area contributed by atoms with Gasteiger partial charge in [0.1, 0.15) is 0 Å². The zero-order valence-electron chi connectivity index (χ0n) is 11.1. The molecule has 0 saturated heterocycles. The lowest BCUT2D eigenvalue weighted by Crippen LogP contribution is -2.32. The Bertz CT molecular complexity index is 405. The summed E-state index contributed by atoms with van der Waals surface area (Å²) in [5.74, 6) is 0.625. The third-order valence-electron chi connectivity index (χ3n) is 2.43. The fourth-order valence-corrected chi connectivity index (χ4v) is 1.41. The van der Waals surface area contributed by atoms with Crippen molar-refractivity contribution in [3.8, 4) is 11.5 Å². The molecule has 0 aliphatic rings. The van der Waals surface area contributed by atoms with E-state index >= 15 is 0 Å². The molecule has 0 aromatic heterocycles. The molecule has 1 aromatic rings. The van der Waals surface area contributed by atoms with Gasteiger partial charge in [0.05, 0.1) is 13.2 Å². The van der Waals surface area contributed by atoms with Crippen LogP contribution >= 0.6 is 0 Å². The lowest BCUT2D eigenvalue weighted by Gasteiger charge is -2.12. The molecule has 0 radical (unpaired) electrons. The highest BCUT2D eigenvalue weighted by Crippen LogP contribution is 2.26. The second kappa shape index (κ2) is 6.86. The molecule has 0 atom stereocenters. The van der Waals surface area contributed by atoms with Gasteiger partial charge in [0.2, 0.25) is 5.91 Å². The fraction of sp³-hybridized carbons (Fsp3) is 0.462. The molecule has 0 aliphatic heterocycles. The van der Waals surface area contributed by atoms with Crippen LogP contribution in [0.3, 0.4) is 0 Å². The number of nitrogens with zero attached hydrogens (tertiary/aromatic N) is 1. The zero-order chi connectivity index (χ0) is 13.5. The number of amides is 1. The summed E-state index contributed by atoms with van der Waals surface area (Å²) in [5.41, 5.74) is 0.961. The largest absolute Gasteiger partial charge is 0.504 e. The number of likely N-dealkylation sites (N-methyl/N-ethyl adjacent to an activating group) is 1. The Balaban J connectivity index is 2.52. The van der Waals surface area contributed by atoms with Gasteiger partial charge < -0.3 is 20.1 Å². The SMILES string of the molecule is CCOc1cc(CNCC(=O)N(C)C)ccc1O. The number of phenolic OH excluding ortho intramolecular Hbond substituents is 1. The number of phenols is 1. The topological polar surface area (TPSA) is 61.8 Å². The lowest BCUT2D eigenvalue weighted by molar-refractivity contribution is -0.127. The molecule has 1 rings (SSSR count). The molecule has 2 N–H and O–H groups in total. The van der Waals surface area contributed by atoms with E-state index in [2.05, 4.69) is 5.32 Å². The van der Waals surface area contributed by atoms with E-state index in [-0.39, 0.29) is 18.2 Å². The van der Waals surface area contributed by atoms with Crippen LogP contribution in [-0.2, 0) is 11.3 Å². The van der Waals surface area contributed by atoms with Gasteiger partial charge in [-0.3, -0.25) is 4.79 Å². The van der Waals surface area contributed by atoms with Gasteiger partial charge in [-0.2, -0.15) is 0 Å². The quantitative estimate of drug-likeness (QED) is 0.792. The van der Waals surface area contributed by atoms with Gasteiger partial charge >= 0.3 is 0 Å². The van der Waals surface area contributed by atoms with E-state index in [0.717, 1.165) is 5.56 Å². The van der Waals surface area contributed by atoms with Crippen molar-refractivity contribution in [2.45, 2.75) is 13.5 Å². The van der Waals surface area contributed by atoms with Crippen molar-refractivity contribution in [2.24, 2.45) is 0 Å². The number of hydrogen-bond acceptors (Lipinski definition) is 4. The van der Waals surface area contributed by atoms with Crippen LogP contribution in [-0.4, -0.2) is 43.2 Å². The van der Waals surface area contributed by atoms with Gasteiger partial charge in [0.25, 0.3) is 0 Å². The molecule has 0 aliphatic carbocycles. The predicted molar refractivity (Wildman–Crippen MR) is 69.7 cm³/mol. The Hall–Kier alpha value is -1.75. The molecular weight excluding hydrogens is 232 g/mol. The Morgan fingerprint density at radius 2 is 2.17 bits per heavy atom. The molecule has 1 aromatic carbocycles. The number of carbonyl (C=O) groups excluding carboxylic acids is 1. The first-order valence-corrected chi connectivity index (χ1v) is 5.90. The number of carbonyl (C=O) groups is 1. The number of aromatic hydroxyl groups is 1. The van der Waals surface area contributed by atoms with Gasteiger partial charge in [0, 0.05) is 20.6 Å². The van der Waals surface area contributed by atoms with Gasteiger partial charge in [-0.05, 0) is 24.6 Å². The highest BCUT2D eigenvalue weighted by atomic mass is 16.5.